The van der Waals surface area contributed by atoms with E-state index in [1.165, 1.54) is 11.4 Å². The molecule has 5 heteroatoms. The Morgan fingerprint density at radius 1 is 1.27 bits per heavy atom. The minimum absolute atomic E-state index is 0.261. The van der Waals surface area contributed by atoms with Crippen LogP contribution in [0.15, 0.2) is 0 Å². The van der Waals surface area contributed by atoms with Gasteiger partial charge in [-0.1, -0.05) is 32.2 Å². The van der Waals surface area contributed by atoms with E-state index in [1.807, 2.05) is 13.8 Å². The molecule has 0 saturated carbocycles. The maximum absolute atomic E-state index is 12.2. The summed E-state index contributed by atoms with van der Waals surface area (Å²) in [6.07, 6.45) is 0.608. The molecule has 0 bridgehead atoms. The lowest BCUT2D eigenvalue weighted by Gasteiger charge is -2.28. The molecule has 1 unspecified atom stereocenters. The molecule has 0 aromatic heterocycles. The van der Waals surface area contributed by atoms with E-state index in [4.69, 9.17) is 4.52 Å². The molecule has 0 aliphatic carbocycles. The van der Waals surface area contributed by atoms with Gasteiger partial charge in [-0.2, -0.15) is 0 Å². The van der Waals surface area contributed by atoms with Crippen molar-refractivity contribution >= 4 is 18.0 Å². The van der Waals surface area contributed by atoms with E-state index in [-0.39, 0.29) is 5.37 Å². The molecule has 0 heterocycles. The summed E-state index contributed by atoms with van der Waals surface area (Å²) in [6.45, 7) is 10.2. The van der Waals surface area contributed by atoms with Crippen LogP contribution in [0.3, 0.4) is 0 Å². The van der Waals surface area contributed by atoms with E-state index in [0.29, 0.717) is 12.8 Å². The normalized spacial score (nSPS) is 17.7. The summed E-state index contributed by atoms with van der Waals surface area (Å²) < 4.78 is 17.6. The Hall–Kier alpha value is 0.500. The van der Waals surface area contributed by atoms with Crippen LogP contribution in [-0.2, 0) is 9.09 Å². The number of hydrogen-bond donors (Lipinski definition) is 0. The van der Waals surface area contributed by atoms with E-state index >= 15 is 0 Å². The Kier molecular flexibility index (Phi) is 7.98. The van der Waals surface area contributed by atoms with Crippen LogP contribution in [-0.4, -0.2) is 36.1 Å². The highest BCUT2D eigenvalue weighted by atomic mass is 32.7. The fourth-order valence-electron chi connectivity index (χ4n) is 1.43. The van der Waals surface area contributed by atoms with Gasteiger partial charge in [0.25, 0.3) is 6.57 Å². The van der Waals surface area contributed by atoms with E-state index < -0.39 is 6.57 Å². The standard InChI is InChI=1S/C10H24NO2PS/c1-6-11(7-2)10(5)15-14(12,9-4)13-8-3/h10H,6-9H2,1-5H3/t10-,14?/m0/s1. The Morgan fingerprint density at radius 3 is 2.13 bits per heavy atom. The molecule has 0 aromatic carbocycles. The van der Waals surface area contributed by atoms with Gasteiger partial charge in [-0.15, -0.1) is 0 Å². The minimum atomic E-state index is -2.46. The molecule has 2 atom stereocenters. The number of rotatable bonds is 8. The van der Waals surface area contributed by atoms with E-state index in [9.17, 15) is 4.57 Å². The molecule has 0 saturated heterocycles. The largest absolute Gasteiger partial charge is 0.321 e. The Balaban J connectivity index is 4.34. The quantitative estimate of drug-likeness (QED) is 0.488. The molecule has 0 fully saturated rings. The highest BCUT2D eigenvalue weighted by Crippen LogP contribution is 2.61. The Morgan fingerprint density at radius 2 is 1.80 bits per heavy atom. The molecule has 0 amide bonds. The van der Waals surface area contributed by atoms with Crippen LogP contribution in [0.25, 0.3) is 0 Å². The zero-order valence-electron chi connectivity index (χ0n) is 10.5. The third kappa shape index (κ3) is 5.39. The maximum atomic E-state index is 12.2. The van der Waals surface area contributed by atoms with E-state index in [1.54, 1.807) is 0 Å². The SMILES string of the molecule is CCOP(=O)(CC)S[C@@H](C)N(CC)CC. The molecule has 0 N–H and O–H groups in total. The Labute approximate surface area is 98.1 Å². The monoisotopic (exact) mass is 253 g/mol. The maximum Gasteiger partial charge on any atom is 0.258 e. The average Bonchev–Trinajstić information content (AvgIpc) is 2.20. The third-order valence-electron chi connectivity index (χ3n) is 2.35. The van der Waals surface area contributed by atoms with Crippen molar-refractivity contribution in [3.8, 4) is 0 Å². The summed E-state index contributed by atoms with van der Waals surface area (Å²) >= 11 is 1.49. The first-order valence-electron chi connectivity index (χ1n) is 5.68. The van der Waals surface area contributed by atoms with Crippen molar-refractivity contribution in [2.75, 3.05) is 25.9 Å². The molecule has 0 spiro atoms. The molecular weight excluding hydrogens is 229 g/mol. The lowest BCUT2D eigenvalue weighted by atomic mass is 10.5. The van der Waals surface area contributed by atoms with Gasteiger partial charge in [-0.05, 0) is 26.9 Å². The second-order valence-electron chi connectivity index (χ2n) is 3.27. The van der Waals surface area contributed by atoms with Gasteiger partial charge in [0.1, 0.15) is 0 Å². The predicted octanol–water partition coefficient (Wildman–Crippen LogP) is 3.66. The summed E-state index contributed by atoms with van der Waals surface area (Å²) in [7, 11) is 0. The molecule has 92 valence electrons. The van der Waals surface area contributed by atoms with Gasteiger partial charge in [0, 0.05) is 6.16 Å². The summed E-state index contributed by atoms with van der Waals surface area (Å²) in [5.41, 5.74) is 0. The molecule has 0 aliphatic heterocycles. The van der Waals surface area contributed by atoms with Crippen LogP contribution in [0.5, 0.6) is 0 Å². The lowest BCUT2D eigenvalue weighted by Crippen LogP contribution is -2.30. The number of nitrogens with zero attached hydrogens (tertiary/aromatic N) is 1. The second kappa shape index (κ2) is 7.72. The van der Waals surface area contributed by atoms with Crippen molar-refractivity contribution < 1.29 is 9.09 Å². The van der Waals surface area contributed by atoms with E-state index in [2.05, 4.69) is 25.7 Å². The molecule has 3 nitrogen and oxygen atoms in total. The van der Waals surface area contributed by atoms with Gasteiger partial charge in [-0.3, -0.25) is 9.46 Å². The van der Waals surface area contributed by atoms with Crippen molar-refractivity contribution in [2.24, 2.45) is 0 Å². The summed E-state index contributed by atoms with van der Waals surface area (Å²) in [5.74, 6) is 0. The van der Waals surface area contributed by atoms with Crippen molar-refractivity contribution in [3.05, 3.63) is 0 Å². The zero-order valence-corrected chi connectivity index (χ0v) is 12.2. The second-order valence-corrected chi connectivity index (χ2v) is 8.58. The van der Waals surface area contributed by atoms with Gasteiger partial charge in [0.2, 0.25) is 0 Å². The fourth-order valence-corrected chi connectivity index (χ4v) is 5.85. The first-order valence-corrected chi connectivity index (χ1v) is 8.98. The molecule has 0 rings (SSSR count). The minimum Gasteiger partial charge on any atom is -0.321 e. The highest BCUT2D eigenvalue weighted by molar-refractivity contribution is 8.56. The molecule has 15 heavy (non-hydrogen) atoms. The van der Waals surface area contributed by atoms with Crippen molar-refractivity contribution in [1.82, 2.24) is 4.90 Å². The topological polar surface area (TPSA) is 29.5 Å². The first-order chi connectivity index (χ1) is 7.02. The van der Waals surface area contributed by atoms with Crippen LogP contribution in [0.1, 0.15) is 34.6 Å². The summed E-state index contributed by atoms with van der Waals surface area (Å²) in [5, 5.41) is 0.261. The lowest BCUT2D eigenvalue weighted by molar-refractivity contribution is 0.296. The van der Waals surface area contributed by atoms with Crippen LogP contribution in [0.4, 0.5) is 0 Å². The smallest absolute Gasteiger partial charge is 0.258 e. The highest BCUT2D eigenvalue weighted by Gasteiger charge is 2.26. The number of hydrogen-bond acceptors (Lipinski definition) is 4. The van der Waals surface area contributed by atoms with Gasteiger partial charge in [0.05, 0.1) is 12.0 Å². The zero-order chi connectivity index (χ0) is 11.9. The van der Waals surface area contributed by atoms with Gasteiger partial charge in [0.15, 0.2) is 0 Å². The first kappa shape index (κ1) is 15.5. The van der Waals surface area contributed by atoms with E-state index in [0.717, 1.165) is 13.1 Å². The van der Waals surface area contributed by atoms with Crippen molar-refractivity contribution in [3.63, 3.8) is 0 Å². The molecule has 0 radical (unpaired) electrons. The van der Waals surface area contributed by atoms with Crippen LogP contribution in [0.2, 0.25) is 0 Å². The summed E-state index contributed by atoms with van der Waals surface area (Å²) in [4.78, 5) is 2.28. The van der Waals surface area contributed by atoms with Crippen molar-refractivity contribution in [2.45, 2.75) is 40.0 Å². The van der Waals surface area contributed by atoms with Gasteiger partial charge in [-0.25, -0.2) is 0 Å². The predicted molar refractivity (Wildman–Crippen MR) is 69.7 cm³/mol. The Bertz CT molecular complexity index is 210. The molecule has 0 aliphatic rings. The van der Waals surface area contributed by atoms with Gasteiger partial charge < -0.3 is 4.52 Å². The molecule has 0 aromatic rings. The molecular formula is C10H24NO2PS. The van der Waals surface area contributed by atoms with Crippen LogP contribution in [0, 0.1) is 0 Å². The van der Waals surface area contributed by atoms with Crippen molar-refractivity contribution in [1.29, 1.82) is 0 Å². The van der Waals surface area contributed by atoms with Gasteiger partial charge >= 0.3 is 0 Å². The van der Waals surface area contributed by atoms with Crippen LogP contribution < -0.4 is 0 Å². The van der Waals surface area contributed by atoms with Crippen LogP contribution >= 0.6 is 18.0 Å². The summed E-state index contributed by atoms with van der Waals surface area (Å²) in [6, 6.07) is 0. The third-order valence-corrected chi connectivity index (χ3v) is 7.67. The average molecular weight is 253 g/mol. The fraction of sp³-hybridized carbons (Fsp3) is 1.00.